The van der Waals surface area contributed by atoms with Crippen molar-refractivity contribution < 1.29 is 19.0 Å². The molecule has 1 saturated heterocycles. The van der Waals surface area contributed by atoms with Gasteiger partial charge < -0.3 is 20.1 Å². The van der Waals surface area contributed by atoms with Crippen LogP contribution in [0.1, 0.15) is 18.5 Å². The van der Waals surface area contributed by atoms with E-state index >= 15 is 0 Å². The predicted octanol–water partition coefficient (Wildman–Crippen LogP) is 1.28. The third kappa shape index (κ3) is 2.96. The molecule has 0 saturated carbocycles. The van der Waals surface area contributed by atoms with Crippen LogP contribution in [0.25, 0.3) is 0 Å². The monoisotopic (exact) mass is 268 g/mol. The van der Waals surface area contributed by atoms with E-state index in [2.05, 4.69) is 5.32 Å². The van der Waals surface area contributed by atoms with Crippen LogP contribution in [0.4, 0.5) is 9.18 Å². The lowest BCUT2D eigenvalue weighted by Gasteiger charge is -2.13. The van der Waals surface area contributed by atoms with E-state index in [4.69, 9.17) is 9.84 Å². The Morgan fingerprint density at radius 3 is 3.00 bits per heavy atom. The van der Waals surface area contributed by atoms with Crippen LogP contribution < -0.4 is 10.1 Å². The van der Waals surface area contributed by atoms with Crippen molar-refractivity contribution >= 4 is 6.03 Å². The fraction of sp³-hybridized carbons (Fsp3) is 0.462. The number of ether oxygens (including phenoxy) is 1. The molecule has 1 aromatic carbocycles. The molecule has 1 unspecified atom stereocenters. The van der Waals surface area contributed by atoms with Gasteiger partial charge in [-0.05, 0) is 24.6 Å². The summed E-state index contributed by atoms with van der Waals surface area (Å²) in [6, 6.07) is 4.17. The van der Waals surface area contributed by atoms with Gasteiger partial charge in [0.15, 0.2) is 11.6 Å². The predicted molar refractivity (Wildman–Crippen MR) is 67.5 cm³/mol. The number of nitrogens with zero attached hydrogens (tertiary/aromatic N) is 1. The van der Waals surface area contributed by atoms with E-state index in [1.165, 1.54) is 11.0 Å². The number of β-amino-alcohol motifs (C(OH)–C–C–N with tert-alkyl or cyclic N) is 1. The molecule has 0 aromatic heterocycles. The molecular formula is C13H17FN2O3. The van der Waals surface area contributed by atoms with Crippen LogP contribution in [0.5, 0.6) is 5.75 Å². The Morgan fingerprint density at radius 1 is 1.58 bits per heavy atom. The Hall–Kier alpha value is -1.82. The summed E-state index contributed by atoms with van der Waals surface area (Å²) in [5.74, 6) is -0.225. The molecule has 2 rings (SSSR count). The fourth-order valence-electron chi connectivity index (χ4n) is 2.10. The van der Waals surface area contributed by atoms with Crippen molar-refractivity contribution in [3.63, 3.8) is 0 Å². The lowest BCUT2D eigenvalue weighted by Crippen LogP contribution is -2.30. The minimum Gasteiger partial charge on any atom is -0.491 e. The first-order chi connectivity index (χ1) is 9.15. The first-order valence-electron chi connectivity index (χ1n) is 6.24. The number of benzene rings is 1. The van der Waals surface area contributed by atoms with Gasteiger partial charge in [0.2, 0.25) is 0 Å². The van der Waals surface area contributed by atoms with Gasteiger partial charge in [-0.1, -0.05) is 6.07 Å². The molecule has 104 valence electrons. The average molecular weight is 268 g/mol. The maximum absolute atomic E-state index is 13.7. The first kappa shape index (κ1) is 13.6. The zero-order valence-electron chi connectivity index (χ0n) is 10.7. The third-order valence-electron chi connectivity index (χ3n) is 3.02. The third-order valence-corrected chi connectivity index (χ3v) is 3.02. The van der Waals surface area contributed by atoms with E-state index in [0.29, 0.717) is 18.7 Å². The number of carbonyl (C=O) groups is 1. The minimum atomic E-state index is -0.436. The number of urea groups is 1. The molecule has 0 bridgehead atoms. The summed E-state index contributed by atoms with van der Waals surface area (Å²) < 4.78 is 18.9. The number of hydrogen-bond acceptors (Lipinski definition) is 3. The molecule has 2 amide bonds. The molecule has 0 aliphatic carbocycles. The van der Waals surface area contributed by atoms with Crippen LogP contribution in [0, 0.1) is 5.82 Å². The Morgan fingerprint density at radius 2 is 2.37 bits per heavy atom. The Bertz CT molecular complexity index is 467. The second-order valence-corrected chi connectivity index (χ2v) is 4.29. The molecule has 0 radical (unpaired) electrons. The van der Waals surface area contributed by atoms with Gasteiger partial charge in [0, 0.05) is 13.1 Å². The molecule has 19 heavy (non-hydrogen) atoms. The standard InChI is InChI=1S/C13H17FN2O3/c1-2-19-12-4-3-9(7-10(12)14)11-8-16(5-6-17)13(18)15-11/h3-4,7,11,17H,2,5-6,8H2,1H3,(H,15,18). The van der Waals surface area contributed by atoms with Crippen LogP contribution in [0.2, 0.25) is 0 Å². The highest BCUT2D eigenvalue weighted by Gasteiger charge is 2.29. The van der Waals surface area contributed by atoms with Crippen molar-refractivity contribution in [2.24, 2.45) is 0 Å². The molecular weight excluding hydrogens is 251 g/mol. The SMILES string of the molecule is CCOc1ccc(C2CN(CCO)C(=O)N2)cc1F. The Labute approximate surface area is 111 Å². The highest BCUT2D eigenvalue weighted by molar-refractivity contribution is 5.77. The van der Waals surface area contributed by atoms with Crippen molar-refractivity contribution in [1.82, 2.24) is 10.2 Å². The maximum atomic E-state index is 13.7. The molecule has 1 heterocycles. The summed E-state index contributed by atoms with van der Waals surface area (Å²) in [5, 5.41) is 11.6. The highest BCUT2D eigenvalue weighted by atomic mass is 19.1. The second-order valence-electron chi connectivity index (χ2n) is 4.29. The zero-order valence-corrected chi connectivity index (χ0v) is 10.7. The number of hydrogen-bond donors (Lipinski definition) is 2. The van der Waals surface area contributed by atoms with Crippen molar-refractivity contribution in [2.75, 3.05) is 26.3 Å². The van der Waals surface area contributed by atoms with Gasteiger partial charge in [-0.2, -0.15) is 0 Å². The van der Waals surface area contributed by atoms with Crippen LogP contribution >= 0.6 is 0 Å². The molecule has 0 spiro atoms. The number of nitrogens with one attached hydrogen (secondary N) is 1. The fourth-order valence-corrected chi connectivity index (χ4v) is 2.10. The van der Waals surface area contributed by atoms with Gasteiger partial charge in [0.1, 0.15) is 0 Å². The number of amides is 2. The van der Waals surface area contributed by atoms with Crippen LogP contribution in [0.15, 0.2) is 18.2 Å². The smallest absolute Gasteiger partial charge is 0.318 e. The van der Waals surface area contributed by atoms with Gasteiger partial charge >= 0.3 is 6.03 Å². The molecule has 2 N–H and O–H groups in total. The number of halogens is 1. The molecule has 1 aromatic rings. The van der Waals surface area contributed by atoms with Gasteiger partial charge in [0.25, 0.3) is 0 Å². The largest absolute Gasteiger partial charge is 0.491 e. The summed E-state index contributed by atoms with van der Waals surface area (Å²) in [4.78, 5) is 13.1. The normalized spacial score (nSPS) is 18.6. The highest BCUT2D eigenvalue weighted by Crippen LogP contribution is 2.25. The number of rotatable bonds is 5. The lowest BCUT2D eigenvalue weighted by molar-refractivity contribution is 0.196. The van der Waals surface area contributed by atoms with E-state index < -0.39 is 5.82 Å². The molecule has 6 heteroatoms. The van der Waals surface area contributed by atoms with E-state index in [-0.39, 0.29) is 31.0 Å². The van der Waals surface area contributed by atoms with Crippen molar-refractivity contribution in [3.05, 3.63) is 29.6 Å². The zero-order chi connectivity index (χ0) is 13.8. The van der Waals surface area contributed by atoms with Crippen LogP contribution in [-0.2, 0) is 0 Å². The van der Waals surface area contributed by atoms with E-state index in [9.17, 15) is 9.18 Å². The van der Waals surface area contributed by atoms with Crippen LogP contribution in [-0.4, -0.2) is 42.3 Å². The van der Waals surface area contributed by atoms with Gasteiger partial charge in [-0.15, -0.1) is 0 Å². The van der Waals surface area contributed by atoms with Gasteiger partial charge in [-0.3, -0.25) is 0 Å². The molecule has 1 aliphatic rings. The molecule has 1 fully saturated rings. The summed E-state index contributed by atoms with van der Waals surface area (Å²) in [7, 11) is 0. The Balaban J connectivity index is 2.11. The van der Waals surface area contributed by atoms with Gasteiger partial charge in [0.05, 0.1) is 19.3 Å². The topological polar surface area (TPSA) is 61.8 Å². The number of aliphatic hydroxyl groups is 1. The van der Waals surface area contributed by atoms with E-state index in [0.717, 1.165) is 0 Å². The van der Waals surface area contributed by atoms with E-state index in [1.54, 1.807) is 19.1 Å². The summed E-state index contributed by atoms with van der Waals surface area (Å²) in [6.07, 6.45) is 0. The number of aliphatic hydroxyl groups excluding tert-OH is 1. The quantitative estimate of drug-likeness (QED) is 0.845. The van der Waals surface area contributed by atoms with Gasteiger partial charge in [-0.25, -0.2) is 9.18 Å². The average Bonchev–Trinajstić information content (AvgIpc) is 2.74. The first-order valence-corrected chi connectivity index (χ1v) is 6.24. The molecule has 1 aliphatic heterocycles. The van der Waals surface area contributed by atoms with Crippen molar-refractivity contribution in [2.45, 2.75) is 13.0 Å². The maximum Gasteiger partial charge on any atom is 0.318 e. The summed E-state index contributed by atoms with van der Waals surface area (Å²) in [6.45, 7) is 2.81. The lowest BCUT2D eigenvalue weighted by atomic mass is 10.1. The van der Waals surface area contributed by atoms with Crippen molar-refractivity contribution in [3.8, 4) is 5.75 Å². The Kier molecular flexibility index (Phi) is 4.21. The molecule has 5 nitrogen and oxygen atoms in total. The summed E-state index contributed by atoms with van der Waals surface area (Å²) in [5.41, 5.74) is 0.690. The molecule has 1 atom stereocenters. The summed E-state index contributed by atoms with van der Waals surface area (Å²) >= 11 is 0. The van der Waals surface area contributed by atoms with Crippen molar-refractivity contribution in [1.29, 1.82) is 0 Å². The second kappa shape index (κ2) is 5.88. The number of carbonyl (C=O) groups excluding carboxylic acids is 1. The van der Waals surface area contributed by atoms with E-state index in [1.807, 2.05) is 0 Å². The minimum absolute atomic E-state index is 0.0855. The van der Waals surface area contributed by atoms with Crippen LogP contribution in [0.3, 0.4) is 0 Å².